The minimum Gasteiger partial charge on any atom is -0.481 e. The first-order chi connectivity index (χ1) is 10.3. The van der Waals surface area contributed by atoms with E-state index in [-0.39, 0.29) is 0 Å². The summed E-state index contributed by atoms with van der Waals surface area (Å²) in [5.41, 5.74) is -2.06. The van der Waals surface area contributed by atoms with Crippen LogP contribution in [0.3, 0.4) is 0 Å². The standard InChI is InChI=1S/C14H18N2O6/c1-3-5-8(2)14(9(17)6-4-7-10(18)19)11(20)15-13(22)16-12(14)21/h4,6,8H,3,5,7H2,1-2H3,(H,18,19)(H2,15,16,20,21,22). The van der Waals surface area contributed by atoms with Gasteiger partial charge in [-0.2, -0.15) is 0 Å². The molecule has 0 aromatic rings. The number of barbiturate groups is 1. The van der Waals surface area contributed by atoms with Crippen molar-refractivity contribution in [2.24, 2.45) is 11.3 Å². The summed E-state index contributed by atoms with van der Waals surface area (Å²) in [4.78, 5) is 58.6. The molecular weight excluding hydrogens is 292 g/mol. The Bertz CT molecular complexity index is 532. The lowest BCUT2D eigenvalue weighted by atomic mass is 9.68. The first-order valence-corrected chi connectivity index (χ1v) is 6.86. The molecule has 22 heavy (non-hydrogen) atoms. The van der Waals surface area contributed by atoms with E-state index in [0.717, 1.165) is 12.2 Å². The Morgan fingerprint density at radius 1 is 1.23 bits per heavy atom. The van der Waals surface area contributed by atoms with E-state index in [1.54, 1.807) is 6.92 Å². The van der Waals surface area contributed by atoms with Gasteiger partial charge in [0.25, 0.3) is 11.8 Å². The molecular formula is C14H18N2O6. The highest BCUT2D eigenvalue weighted by Gasteiger charge is 2.58. The maximum atomic E-state index is 12.4. The third-order valence-electron chi connectivity index (χ3n) is 3.58. The average molecular weight is 310 g/mol. The molecule has 0 aliphatic carbocycles. The number of carbonyl (C=O) groups is 5. The second-order valence-electron chi connectivity index (χ2n) is 5.10. The van der Waals surface area contributed by atoms with E-state index in [4.69, 9.17) is 5.11 Å². The first kappa shape index (κ1) is 17.5. The van der Waals surface area contributed by atoms with Gasteiger partial charge in [-0.1, -0.05) is 26.3 Å². The van der Waals surface area contributed by atoms with Gasteiger partial charge in [0.1, 0.15) is 0 Å². The first-order valence-electron chi connectivity index (χ1n) is 6.86. The Balaban J connectivity index is 3.22. The van der Waals surface area contributed by atoms with Crippen molar-refractivity contribution in [3.63, 3.8) is 0 Å². The number of rotatable bonds is 7. The van der Waals surface area contributed by atoms with Crippen molar-refractivity contribution in [1.82, 2.24) is 10.6 Å². The SMILES string of the molecule is CCCC(C)C1(C(=O)C=CCC(=O)O)C(=O)NC(=O)NC1=O. The Morgan fingerprint density at radius 2 is 1.77 bits per heavy atom. The fourth-order valence-electron chi connectivity index (χ4n) is 2.50. The summed E-state index contributed by atoms with van der Waals surface area (Å²) in [6.45, 7) is 3.40. The molecule has 8 nitrogen and oxygen atoms in total. The number of imide groups is 2. The number of carboxylic acids is 1. The van der Waals surface area contributed by atoms with Crippen LogP contribution in [0.5, 0.6) is 0 Å². The summed E-state index contributed by atoms with van der Waals surface area (Å²) in [5, 5.41) is 12.4. The number of aliphatic carboxylic acids is 1. The molecule has 1 heterocycles. The zero-order chi connectivity index (χ0) is 16.9. The van der Waals surface area contributed by atoms with E-state index >= 15 is 0 Å². The number of allylic oxidation sites excluding steroid dienone is 1. The molecule has 1 aliphatic rings. The minimum atomic E-state index is -2.06. The lowest BCUT2D eigenvalue weighted by Crippen LogP contribution is -2.67. The fraction of sp³-hybridized carbons (Fsp3) is 0.500. The van der Waals surface area contributed by atoms with Crippen molar-refractivity contribution in [3.8, 4) is 0 Å². The van der Waals surface area contributed by atoms with Gasteiger partial charge in [-0.3, -0.25) is 29.8 Å². The third-order valence-corrected chi connectivity index (χ3v) is 3.58. The Hall–Kier alpha value is -2.51. The summed E-state index contributed by atoms with van der Waals surface area (Å²) >= 11 is 0. The molecule has 0 radical (unpaired) electrons. The van der Waals surface area contributed by atoms with Gasteiger partial charge in [0.2, 0.25) is 0 Å². The number of carbonyl (C=O) groups excluding carboxylic acids is 4. The number of carboxylic acid groups (broad SMARTS) is 1. The molecule has 8 heteroatoms. The van der Waals surface area contributed by atoms with Crippen LogP contribution in [0.4, 0.5) is 4.79 Å². The second-order valence-corrected chi connectivity index (χ2v) is 5.10. The highest BCUT2D eigenvalue weighted by atomic mass is 16.4. The van der Waals surface area contributed by atoms with E-state index in [1.165, 1.54) is 0 Å². The molecule has 0 saturated carbocycles. The highest BCUT2D eigenvalue weighted by Crippen LogP contribution is 2.35. The van der Waals surface area contributed by atoms with Gasteiger partial charge in [0, 0.05) is 0 Å². The molecule has 1 fully saturated rings. The monoisotopic (exact) mass is 310 g/mol. The molecule has 1 aliphatic heterocycles. The summed E-state index contributed by atoms with van der Waals surface area (Å²) in [6.07, 6.45) is 2.61. The lowest BCUT2D eigenvalue weighted by molar-refractivity contribution is -0.153. The van der Waals surface area contributed by atoms with Gasteiger partial charge in [-0.05, 0) is 18.4 Å². The number of hydrogen-bond donors (Lipinski definition) is 3. The molecule has 1 saturated heterocycles. The molecule has 1 rings (SSSR count). The molecule has 4 amide bonds. The normalized spacial score (nSPS) is 18.7. The van der Waals surface area contributed by atoms with Gasteiger partial charge in [-0.15, -0.1) is 0 Å². The van der Waals surface area contributed by atoms with Crippen molar-refractivity contribution >= 4 is 29.6 Å². The van der Waals surface area contributed by atoms with Gasteiger partial charge in [0.05, 0.1) is 6.42 Å². The van der Waals surface area contributed by atoms with Crippen LogP contribution in [-0.2, 0) is 19.2 Å². The van der Waals surface area contributed by atoms with Crippen molar-refractivity contribution in [3.05, 3.63) is 12.2 Å². The predicted molar refractivity (Wildman–Crippen MR) is 74.6 cm³/mol. The summed E-state index contributed by atoms with van der Waals surface area (Å²) in [7, 11) is 0. The molecule has 0 bridgehead atoms. The smallest absolute Gasteiger partial charge is 0.328 e. The summed E-state index contributed by atoms with van der Waals surface area (Å²) in [6, 6.07) is -0.975. The van der Waals surface area contributed by atoms with Gasteiger partial charge >= 0.3 is 12.0 Å². The maximum Gasteiger partial charge on any atom is 0.328 e. The van der Waals surface area contributed by atoms with Crippen LogP contribution < -0.4 is 10.6 Å². The van der Waals surface area contributed by atoms with Gasteiger partial charge < -0.3 is 5.11 Å². The van der Waals surface area contributed by atoms with E-state index in [1.807, 2.05) is 17.6 Å². The molecule has 1 unspecified atom stereocenters. The number of nitrogens with one attached hydrogen (secondary N) is 2. The van der Waals surface area contributed by atoms with E-state index in [2.05, 4.69) is 0 Å². The number of amides is 4. The van der Waals surface area contributed by atoms with Crippen LogP contribution in [0.2, 0.25) is 0 Å². The van der Waals surface area contributed by atoms with Crippen molar-refractivity contribution < 1.29 is 29.1 Å². The van der Waals surface area contributed by atoms with Crippen LogP contribution in [0.1, 0.15) is 33.1 Å². The predicted octanol–water partition coefficient (Wildman–Crippen LogP) is 0.375. The molecule has 0 spiro atoms. The van der Waals surface area contributed by atoms with E-state index in [9.17, 15) is 24.0 Å². The molecule has 0 aromatic heterocycles. The van der Waals surface area contributed by atoms with Crippen molar-refractivity contribution in [2.75, 3.05) is 0 Å². The Morgan fingerprint density at radius 3 is 2.23 bits per heavy atom. The summed E-state index contributed by atoms with van der Waals surface area (Å²) < 4.78 is 0. The number of urea groups is 1. The second kappa shape index (κ2) is 6.97. The largest absolute Gasteiger partial charge is 0.481 e. The zero-order valence-corrected chi connectivity index (χ0v) is 12.3. The zero-order valence-electron chi connectivity index (χ0n) is 12.3. The van der Waals surface area contributed by atoms with Crippen molar-refractivity contribution in [1.29, 1.82) is 0 Å². The maximum absolute atomic E-state index is 12.4. The quantitative estimate of drug-likeness (QED) is 0.460. The molecule has 1 atom stereocenters. The van der Waals surface area contributed by atoms with Crippen LogP contribution in [0.15, 0.2) is 12.2 Å². The molecule has 120 valence electrons. The van der Waals surface area contributed by atoms with Gasteiger partial charge in [-0.25, -0.2) is 4.79 Å². The topological polar surface area (TPSA) is 130 Å². The van der Waals surface area contributed by atoms with E-state index < -0.39 is 47.4 Å². The molecule has 0 aromatic carbocycles. The van der Waals surface area contributed by atoms with E-state index in [0.29, 0.717) is 12.8 Å². The lowest BCUT2D eigenvalue weighted by Gasteiger charge is -2.36. The van der Waals surface area contributed by atoms with Crippen LogP contribution in [0, 0.1) is 11.3 Å². The van der Waals surface area contributed by atoms with Crippen LogP contribution in [0.25, 0.3) is 0 Å². The number of ketones is 1. The number of hydrogen-bond acceptors (Lipinski definition) is 5. The molecule has 3 N–H and O–H groups in total. The van der Waals surface area contributed by atoms with Crippen LogP contribution in [-0.4, -0.2) is 34.7 Å². The fourth-order valence-corrected chi connectivity index (χ4v) is 2.50. The highest BCUT2D eigenvalue weighted by molar-refractivity contribution is 6.32. The Kier molecular flexibility index (Phi) is 5.56. The van der Waals surface area contributed by atoms with Crippen molar-refractivity contribution in [2.45, 2.75) is 33.1 Å². The third kappa shape index (κ3) is 3.21. The average Bonchev–Trinajstić information content (AvgIpc) is 2.37. The van der Waals surface area contributed by atoms with Crippen LogP contribution >= 0.6 is 0 Å². The Labute approximate surface area is 126 Å². The van der Waals surface area contributed by atoms with Gasteiger partial charge in [0.15, 0.2) is 11.2 Å². The summed E-state index contributed by atoms with van der Waals surface area (Å²) in [5.74, 6) is -4.59. The minimum absolute atomic E-state index is 0.410.